The highest BCUT2D eigenvalue weighted by molar-refractivity contribution is 7.12. The first-order valence-electron chi connectivity index (χ1n) is 8.70. The number of pyridine rings is 1. The van der Waals surface area contributed by atoms with Gasteiger partial charge in [0.05, 0.1) is 17.1 Å². The Kier molecular flexibility index (Phi) is 6.33. The van der Waals surface area contributed by atoms with Gasteiger partial charge in [0.25, 0.3) is 5.91 Å². The van der Waals surface area contributed by atoms with E-state index in [0.717, 1.165) is 16.8 Å². The molecule has 2 amide bonds. The fourth-order valence-corrected chi connectivity index (χ4v) is 3.32. The number of carbonyl (C=O) groups excluding carboxylic acids is 2. The minimum Gasteiger partial charge on any atom is -0.349 e. The summed E-state index contributed by atoms with van der Waals surface area (Å²) in [5, 5.41) is 7.59. The molecular weight excluding hydrogens is 358 g/mol. The van der Waals surface area contributed by atoms with E-state index in [4.69, 9.17) is 0 Å². The van der Waals surface area contributed by atoms with Gasteiger partial charge in [-0.2, -0.15) is 0 Å². The second-order valence-electron chi connectivity index (χ2n) is 6.18. The van der Waals surface area contributed by atoms with Crippen LogP contribution in [-0.2, 0) is 17.8 Å². The number of hydrogen-bond acceptors (Lipinski definition) is 4. The van der Waals surface area contributed by atoms with Crippen LogP contribution in [0.15, 0.2) is 66.2 Å². The van der Waals surface area contributed by atoms with E-state index < -0.39 is 6.04 Å². The normalized spacial score (nSPS) is 11.6. The van der Waals surface area contributed by atoms with Crippen LogP contribution in [0.1, 0.15) is 26.5 Å². The Bertz CT molecular complexity index is 895. The molecule has 6 heteroatoms. The molecular formula is C21H21N3O2S. The molecule has 3 aromatic rings. The molecule has 0 fully saturated rings. The van der Waals surface area contributed by atoms with Crippen molar-refractivity contribution in [1.29, 1.82) is 0 Å². The first-order valence-corrected chi connectivity index (χ1v) is 9.58. The summed E-state index contributed by atoms with van der Waals surface area (Å²) >= 11 is 1.35. The quantitative estimate of drug-likeness (QED) is 0.663. The molecule has 1 atom stereocenters. The molecule has 3 rings (SSSR count). The van der Waals surface area contributed by atoms with Crippen molar-refractivity contribution >= 4 is 23.2 Å². The van der Waals surface area contributed by atoms with Crippen LogP contribution in [0.5, 0.6) is 0 Å². The van der Waals surface area contributed by atoms with Crippen molar-refractivity contribution in [2.24, 2.45) is 0 Å². The van der Waals surface area contributed by atoms with Gasteiger partial charge >= 0.3 is 0 Å². The summed E-state index contributed by atoms with van der Waals surface area (Å²) in [5.74, 6) is -0.469. The van der Waals surface area contributed by atoms with Crippen LogP contribution >= 0.6 is 11.3 Å². The molecule has 2 N–H and O–H groups in total. The summed E-state index contributed by atoms with van der Waals surface area (Å²) in [6.07, 6.45) is 2.12. The molecule has 2 aromatic heterocycles. The Labute approximate surface area is 162 Å². The SMILES string of the molecule is Cc1cccnc1CNC(=O)C(Cc1ccccc1)NC(=O)c1cccs1. The Morgan fingerprint density at radius 3 is 2.59 bits per heavy atom. The number of aromatic nitrogens is 1. The molecule has 0 saturated heterocycles. The van der Waals surface area contributed by atoms with E-state index in [1.54, 1.807) is 12.3 Å². The molecule has 0 aliphatic rings. The number of hydrogen-bond donors (Lipinski definition) is 2. The van der Waals surface area contributed by atoms with Crippen molar-refractivity contribution in [3.63, 3.8) is 0 Å². The van der Waals surface area contributed by atoms with E-state index in [1.165, 1.54) is 11.3 Å². The zero-order chi connectivity index (χ0) is 19.1. The van der Waals surface area contributed by atoms with Gasteiger partial charge in [-0.1, -0.05) is 42.5 Å². The topological polar surface area (TPSA) is 71.1 Å². The fraction of sp³-hybridized carbons (Fsp3) is 0.190. The van der Waals surface area contributed by atoms with Crippen molar-refractivity contribution in [2.75, 3.05) is 0 Å². The maximum absolute atomic E-state index is 12.8. The third kappa shape index (κ3) is 5.24. The van der Waals surface area contributed by atoms with Crippen LogP contribution in [0.3, 0.4) is 0 Å². The minimum atomic E-state index is -0.661. The largest absolute Gasteiger partial charge is 0.349 e. The lowest BCUT2D eigenvalue weighted by molar-refractivity contribution is -0.123. The number of rotatable bonds is 7. The molecule has 27 heavy (non-hydrogen) atoms. The second-order valence-corrected chi connectivity index (χ2v) is 7.13. The molecule has 5 nitrogen and oxygen atoms in total. The monoisotopic (exact) mass is 379 g/mol. The number of nitrogens with zero attached hydrogens (tertiary/aromatic N) is 1. The highest BCUT2D eigenvalue weighted by Gasteiger charge is 2.22. The third-order valence-electron chi connectivity index (χ3n) is 4.20. The van der Waals surface area contributed by atoms with Gasteiger partial charge in [-0.3, -0.25) is 14.6 Å². The summed E-state index contributed by atoms with van der Waals surface area (Å²) in [7, 11) is 0. The van der Waals surface area contributed by atoms with Gasteiger partial charge in [-0.25, -0.2) is 0 Å². The molecule has 1 aromatic carbocycles. The average molecular weight is 379 g/mol. The molecule has 0 spiro atoms. The average Bonchev–Trinajstić information content (AvgIpc) is 3.22. The second kappa shape index (κ2) is 9.09. The number of benzene rings is 1. The van der Waals surface area contributed by atoms with E-state index in [-0.39, 0.29) is 11.8 Å². The van der Waals surface area contributed by atoms with Gasteiger partial charge in [-0.15, -0.1) is 11.3 Å². The van der Waals surface area contributed by atoms with Gasteiger partial charge in [0.1, 0.15) is 6.04 Å². The van der Waals surface area contributed by atoms with E-state index in [2.05, 4.69) is 15.6 Å². The number of aryl methyl sites for hydroxylation is 1. The summed E-state index contributed by atoms with van der Waals surface area (Å²) in [5.41, 5.74) is 2.81. The van der Waals surface area contributed by atoms with Crippen LogP contribution in [0.2, 0.25) is 0 Å². The van der Waals surface area contributed by atoms with E-state index >= 15 is 0 Å². The molecule has 1 unspecified atom stereocenters. The Hall–Kier alpha value is -2.99. The van der Waals surface area contributed by atoms with Gasteiger partial charge in [0.15, 0.2) is 0 Å². The van der Waals surface area contributed by atoms with Crippen molar-refractivity contribution in [3.8, 4) is 0 Å². The molecule has 0 aliphatic heterocycles. The summed E-state index contributed by atoms with van der Waals surface area (Å²) in [4.78, 5) is 30.1. The number of nitrogens with one attached hydrogen (secondary N) is 2. The summed E-state index contributed by atoms with van der Waals surface area (Å²) in [6.45, 7) is 2.28. The summed E-state index contributed by atoms with van der Waals surface area (Å²) < 4.78 is 0. The zero-order valence-corrected chi connectivity index (χ0v) is 15.8. The number of carbonyl (C=O) groups is 2. The maximum atomic E-state index is 12.8. The van der Waals surface area contributed by atoms with E-state index in [1.807, 2.05) is 60.8 Å². The van der Waals surface area contributed by atoms with Crippen LogP contribution in [-0.4, -0.2) is 22.8 Å². The molecule has 0 radical (unpaired) electrons. The van der Waals surface area contributed by atoms with E-state index in [0.29, 0.717) is 17.8 Å². The van der Waals surface area contributed by atoms with E-state index in [9.17, 15) is 9.59 Å². The van der Waals surface area contributed by atoms with Crippen molar-refractivity contribution < 1.29 is 9.59 Å². The first-order chi connectivity index (χ1) is 13.1. The smallest absolute Gasteiger partial charge is 0.262 e. The fourth-order valence-electron chi connectivity index (χ4n) is 2.69. The molecule has 0 saturated carbocycles. The minimum absolute atomic E-state index is 0.228. The highest BCUT2D eigenvalue weighted by Crippen LogP contribution is 2.10. The Morgan fingerprint density at radius 1 is 1.07 bits per heavy atom. The van der Waals surface area contributed by atoms with Gasteiger partial charge in [0.2, 0.25) is 5.91 Å². The lowest BCUT2D eigenvalue weighted by Crippen LogP contribution is -2.47. The third-order valence-corrected chi connectivity index (χ3v) is 5.07. The number of thiophene rings is 1. The Morgan fingerprint density at radius 2 is 1.89 bits per heavy atom. The predicted octanol–water partition coefficient (Wildman–Crippen LogP) is 3.11. The first kappa shape index (κ1) is 18.8. The van der Waals surface area contributed by atoms with Gasteiger partial charge < -0.3 is 10.6 Å². The van der Waals surface area contributed by atoms with Crippen LogP contribution in [0.25, 0.3) is 0 Å². The molecule has 138 valence electrons. The molecule has 0 aliphatic carbocycles. The zero-order valence-electron chi connectivity index (χ0n) is 15.0. The lowest BCUT2D eigenvalue weighted by atomic mass is 10.0. The lowest BCUT2D eigenvalue weighted by Gasteiger charge is -2.18. The summed E-state index contributed by atoms with van der Waals surface area (Å²) in [6, 6.07) is 16.4. The van der Waals surface area contributed by atoms with Crippen molar-refractivity contribution in [2.45, 2.75) is 25.9 Å². The van der Waals surface area contributed by atoms with Gasteiger partial charge in [0, 0.05) is 12.6 Å². The standard InChI is InChI=1S/C21H21N3O2S/c1-15-7-5-11-22-18(15)14-23-20(25)17(13-16-8-3-2-4-9-16)24-21(26)19-10-6-12-27-19/h2-12,17H,13-14H2,1H3,(H,23,25)(H,24,26). The van der Waals surface area contributed by atoms with Gasteiger partial charge in [-0.05, 0) is 35.6 Å². The molecule has 0 bridgehead atoms. The molecule has 2 heterocycles. The van der Waals surface area contributed by atoms with Crippen molar-refractivity contribution in [1.82, 2.24) is 15.6 Å². The number of amides is 2. The van der Waals surface area contributed by atoms with Crippen LogP contribution in [0.4, 0.5) is 0 Å². The van der Waals surface area contributed by atoms with Crippen LogP contribution in [0, 0.1) is 6.92 Å². The van der Waals surface area contributed by atoms with Crippen molar-refractivity contribution in [3.05, 3.63) is 87.9 Å². The highest BCUT2D eigenvalue weighted by atomic mass is 32.1. The predicted molar refractivity (Wildman–Crippen MR) is 107 cm³/mol. The maximum Gasteiger partial charge on any atom is 0.262 e. The van der Waals surface area contributed by atoms with Crippen LogP contribution < -0.4 is 10.6 Å². The Balaban J connectivity index is 1.70.